The molecule has 160 valence electrons. The van der Waals surface area contributed by atoms with Gasteiger partial charge in [-0.25, -0.2) is 0 Å². The molecule has 5 nitrogen and oxygen atoms in total. The molecule has 0 saturated heterocycles. The predicted molar refractivity (Wildman–Crippen MR) is 128 cm³/mol. The quantitative estimate of drug-likeness (QED) is 0.273. The van der Waals surface area contributed by atoms with Crippen LogP contribution in [0.15, 0.2) is 109 Å². The number of allylic oxidation sites excluding steroid dienone is 3. The molecule has 0 aliphatic rings. The van der Waals surface area contributed by atoms with Gasteiger partial charge in [0.15, 0.2) is 0 Å². The van der Waals surface area contributed by atoms with Crippen LogP contribution in [-0.2, 0) is 0 Å². The lowest BCUT2D eigenvalue weighted by atomic mass is 10.2. The van der Waals surface area contributed by atoms with Crippen LogP contribution in [0.5, 0.6) is 5.75 Å². The molecule has 5 heteroatoms. The molecule has 1 heterocycles. The Morgan fingerprint density at radius 3 is 2.40 bits per heavy atom. The Labute approximate surface area is 181 Å². The Hall–Kier alpha value is -3.47. The van der Waals surface area contributed by atoms with Crippen LogP contribution in [0.4, 0.5) is 0 Å². The van der Waals surface area contributed by atoms with Crippen molar-refractivity contribution in [1.29, 1.82) is 0 Å². The van der Waals surface area contributed by atoms with E-state index in [4.69, 9.17) is 4.74 Å². The molecule has 0 fully saturated rings. The summed E-state index contributed by atoms with van der Waals surface area (Å²) in [5.74, 6) is 0.922. The van der Waals surface area contributed by atoms with Gasteiger partial charge in [-0.05, 0) is 44.5 Å². The number of hydrogen-bond donors (Lipinski definition) is 1. The van der Waals surface area contributed by atoms with Crippen molar-refractivity contribution in [2.75, 3.05) is 6.61 Å². The van der Waals surface area contributed by atoms with Crippen LogP contribution >= 0.6 is 0 Å². The summed E-state index contributed by atoms with van der Waals surface area (Å²) >= 11 is 0. The highest BCUT2D eigenvalue weighted by atomic mass is 16.5. The first-order valence-electron chi connectivity index (χ1n) is 9.99. The van der Waals surface area contributed by atoms with E-state index in [-0.39, 0.29) is 0 Å². The minimum atomic E-state index is 0.653. The molecule has 2 aromatic rings. The summed E-state index contributed by atoms with van der Waals surface area (Å²) in [6, 6.07) is 15.6. The Balaban J connectivity index is 0.000000557. The molecule has 1 N–H and O–H groups in total. The number of para-hydroxylation sites is 1. The third-order valence-corrected chi connectivity index (χ3v) is 3.35. The van der Waals surface area contributed by atoms with Crippen molar-refractivity contribution >= 4 is 5.70 Å². The number of rotatable bonds is 9. The molecule has 1 aromatic carbocycles. The first kappa shape index (κ1) is 26.5. The molecule has 0 spiro atoms. The maximum absolute atomic E-state index is 5.36. The van der Waals surface area contributed by atoms with E-state index in [1.165, 1.54) is 0 Å². The summed E-state index contributed by atoms with van der Waals surface area (Å²) in [7, 11) is 0. The van der Waals surface area contributed by atoms with Crippen LogP contribution in [0, 0.1) is 0 Å². The van der Waals surface area contributed by atoms with E-state index in [1.54, 1.807) is 12.4 Å². The van der Waals surface area contributed by atoms with E-state index < -0.39 is 0 Å². The van der Waals surface area contributed by atoms with Gasteiger partial charge in [-0.3, -0.25) is 10.4 Å². The fraction of sp³-hybridized carbons (Fsp3) is 0.240. The van der Waals surface area contributed by atoms with Gasteiger partial charge in [0.2, 0.25) is 0 Å². The topological polar surface area (TPSA) is 58.9 Å². The third-order valence-electron chi connectivity index (χ3n) is 3.35. The molecule has 0 saturated carbocycles. The molecule has 0 aliphatic carbocycles. The molecule has 0 amide bonds. The summed E-state index contributed by atoms with van der Waals surface area (Å²) < 4.78 is 5.36. The van der Waals surface area contributed by atoms with Gasteiger partial charge in [0.25, 0.3) is 0 Å². The van der Waals surface area contributed by atoms with E-state index in [2.05, 4.69) is 46.9 Å². The number of pyridine rings is 1. The highest BCUT2D eigenvalue weighted by Gasteiger charge is 1.99. The second-order valence-electron chi connectivity index (χ2n) is 5.62. The Bertz CT molecular complexity index is 753. The minimum absolute atomic E-state index is 0.653. The monoisotopic (exact) mass is 406 g/mol. The molecular weight excluding hydrogens is 372 g/mol. The number of unbranched alkanes of at least 4 members (excludes halogenated alkanes) is 1. The lowest BCUT2D eigenvalue weighted by Gasteiger charge is -2.04. The van der Waals surface area contributed by atoms with Gasteiger partial charge in [0, 0.05) is 12.4 Å². The van der Waals surface area contributed by atoms with Crippen molar-refractivity contribution in [3.05, 3.63) is 104 Å². The van der Waals surface area contributed by atoms with Crippen LogP contribution in [-0.4, -0.2) is 11.6 Å². The van der Waals surface area contributed by atoms with Gasteiger partial charge in [0.05, 0.1) is 11.4 Å². The first-order valence-corrected chi connectivity index (χ1v) is 9.99. The Kier molecular flexibility index (Phi) is 17.9. The average molecular weight is 407 g/mol. The first-order chi connectivity index (χ1) is 14.8. The maximum Gasteiger partial charge on any atom is 0.119 e. The van der Waals surface area contributed by atoms with E-state index in [1.807, 2.05) is 80.6 Å². The van der Waals surface area contributed by atoms with Gasteiger partial charge >= 0.3 is 0 Å². The van der Waals surface area contributed by atoms with Crippen LogP contribution in [0.2, 0.25) is 0 Å². The third kappa shape index (κ3) is 13.7. The minimum Gasteiger partial charge on any atom is -0.490 e. The van der Waals surface area contributed by atoms with Gasteiger partial charge in [0.1, 0.15) is 12.4 Å². The van der Waals surface area contributed by atoms with E-state index in [0.29, 0.717) is 6.61 Å². The number of aromatic nitrogens is 1. The van der Waals surface area contributed by atoms with Crippen molar-refractivity contribution in [2.45, 2.75) is 33.6 Å². The van der Waals surface area contributed by atoms with Crippen molar-refractivity contribution in [3.63, 3.8) is 0 Å². The van der Waals surface area contributed by atoms with Crippen LogP contribution in [0.25, 0.3) is 5.70 Å². The zero-order valence-electron chi connectivity index (χ0n) is 18.4. The van der Waals surface area contributed by atoms with E-state index in [9.17, 15) is 0 Å². The molecule has 1 aromatic heterocycles. The fourth-order valence-corrected chi connectivity index (χ4v) is 1.96. The van der Waals surface area contributed by atoms with Crippen molar-refractivity contribution in [3.8, 4) is 5.75 Å². The lowest BCUT2D eigenvalue weighted by Crippen LogP contribution is -2.04. The van der Waals surface area contributed by atoms with Crippen LogP contribution in [0.1, 0.15) is 39.3 Å². The number of nitrogens with one attached hydrogen (secondary N) is 1. The fourth-order valence-electron chi connectivity index (χ4n) is 1.96. The Morgan fingerprint density at radius 2 is 1.80 bits per heavy atom. The molecule has 2 rings (SSSR count). The summed E-state index contributed by atoms with van der Waals surface area (Å²) in [5.41, 5.74) is 4.68. The second kappa shape index (κ2) is 20.3. The standard InChI is InChI=1S/C13H18N4.C10H12O.C2H4/c1-3-5-8-13(16-17-15-10-4-2)12-9-6-7-11-14-12;1-2-3-9-11-10-7-5-4-6-8-10;1-2/h4,6-11H,3,5H2,1-2H3,(H,15,16);2-8H,9H2,1H3;1-2H2/b10-4+,13-8+;3-2-;. The van der Waals surface area contributed by atoms with E-state index in [0.717, 1.165) is 30.0 Å². The highest BCUT2D eigenvalue weighted by molar-refractivity contribution is 5.59. The van der Waals surface area contributed by atoms with Crippen LogP contribution in [0.3, 0.4) is 0 Å². The zero-order valence-corrected chi connectivity index (χ0v) is 18.4. The average Bonchev–Trinajstić information content (AvgIpc) is 2.82. The lowest BCUT2D eigenvalue weighted by molar-refractivity contribution is 0.363. The SMILES string of the molecule is C/C=C/N=NN/C(=C/CCC)c1ccccn1.C/C=C\COc1ccccc1.C=C. The number of nitrogens with zero attached hydrogens (tertiary/aromatic N) is 3. The van der Waals surface area contributed by atoms with Crippen molar-refractivity contribution in [1.82, 2.24) is 10.4 Å². The smallest absolute Gasteiger partial charge is 0.119 e. The number of ether oxygens (including phenoxy) is 1. The summed E-state index contributed by atoms with van der Waals surface area (Å²) in [6.07, 6.45) is 13.3. The zero-order chi connectivity index (χ0) is 22.3. The van der Waals surface area contributed by atoms with Crippen LogP contribution < -0.4 is 10.2 Å². The highest BCUT2D eigenvalue weighted by Crippen LogP contribution is 2.09. The van der Waals surface area contributed by atoms with Gasteiger partial charge in [-0.15, -0.1) is 18.3 Å². The number of benzene rings is 1. The van der Waals surface area contributed by atoms with Crippen molar-refractivity contribution in [2.24, 2.45) is 10.3 Å². The van der Waals surface area contributed by atoms with Gasteiger partial charge in [-0.2, -0.15) is 0 Å². The molecule has 0 aliphatic heterocycles. The normalized spacial score (nSPS) is 11.0. The molecule has 0 atom stereocenters. The van der Waals surface area contributed by atoms with Gasteiger partial charge < -0.3 is 4.74 Å². The molecular formula is C25H34N4O. The largest absolute Gasteiger partial charge is 0.490 e. The molecule has 0 unspecified atom stereocenters. The maximum atomic E-state index is 5.36. The molecule has 0 radical (unpaired) electrons. The summed E-state index contributed by atoms with van der Waals surface area (Å²) in [4.78, 5) is 4.28. The Morgan fingerprint density at radius 1 is 1.07 bits per heavy atom. The number of hydrogen-bond acceptors (Lipinski definition) is 4. The van der Waals surface area contributed by atoms with E-state index >= 15 is 0 Å². The van der Waals surface area contributed by atoms with Crippen molar-refractivity contribution < 1.29 is 4.74 Å². The molecule has 0 bridgehead atoms. The summed E-state index contributed by atoms with van der Waals surface area (Å²) in [6.45, 7) is 12.7. The second-order valence-corrected chi connectivity index (χ2v) is 5.62. The predicted octanol–water partition coefficient (Wildman–Crippen LogP) is 7.16. The summed E-state index contributed by atoms with van der Waals surface area (Å²) in [5, 5.41) is 7.70. The molecule has 30 heavy (non-hydrogen) atoms. The van der Waals surface area contributed by atoms with Gasteiger partial charge in [-0.1, -0.05) is 67.1 Å².